The molecule has 4 aromatic rings. The fraction of sp³-hybridized carbons (Fsp3) is 0.100. The quantitative estimate of drug-likeness (QED) is 0.179. The third-order valence-corrected chi connectivity index (χ3v) is 7.12. The Balaban J connectivity index is 1.47. The van der Waals surface area contributed by atoms with Gasteiger partial charge in [0.05, 0.1) is 24.8 Å². The van der Waals surface area contributed by atoms with Crippen molar-refractivity contribution in [1.82, 2.24) is 0 Å². The molecular weight excluding hydrogens is 520 g/mol. The summed E-state index contributed by atoms with van der Waals surface area (Å²) in [6.07, 6.45) is 0.233. The largest absolute Gasteiger partial charge is 0.465 e. The molecule has 38 heavy (non-hydrogen) atoms. The molecule has 2 N–H and O–H groups in total. The standard InChI is InChI=1S/C30H25ClN2O4S/c1-37-30(36)25-9-5-6-10-26(25)33-29(35)28(21-7-3-2-4-8-21)38-24-17-15-23(16-18-24)32-27(34)19-20-11-13-22(31)14-12-20/h2-18,28H,19H2,1H3,(H,32,34)(H,33,35). The summed E-state index contributed by atoms with van der Waals surface area (Å²) in [6, 6.07) is 30.6. The molecule has 1 unspecified atom stereocenters. The number of carbonyl (C=O) groups excluding carboxylic acids is 3. The van der Waals surface area contributed by atoms with Crippen molar-refractivity contribution in [2.24, 2.45) is 0 Å². The van der Waals surface area contributed by atoms with Gasteiger partial charge in [0.2, 0.25) is 11.8 Å². The zero-order valence-electron chi connectivity index (χ0n) is 20.5. The van der Waals surface area contributed by atoms with Crippen LogP contribution in [0.25, 0.3) is 0 Å². The molecule has 0 saturated carbocycles. The minimum atomic E-state index is -0.591. The summed E-state index contributed by atoms with van der Waals surface area (Å²) in [7, 11) is 1.30. The number of carbonyl (C=O) groups is 3. The first-order chi connectivity index (χ1) is 18.4. The summed E-state index contributed by atoms with van der Waals surface area (Å²) in [4.78, 5) is 38.9. The minimum absolute atomic E-state index is 0.140. The second-order valence-electron chi connectivity index (χ2n) is 8.31. The van der Waals surface area contributed by atoms with E-state index in [0.29, 0.717) is 16.4 Å². The van der Waals surface area contributed by atoms with Crippen LogP contribution >= 0.6 is 23.4 Å². The zero-order chi connectivity index (χ0) is 26.9. The Morgan fingerprint density at radius 1 is 0.816 bits per heavy atom. The molecule has 0 aliphatic carbocycles. The van der Waals surface area contributed by atoms with E-state index >= 15 is 0 Å². The van der Waals surface area contributed by atoms with Gasteiger partial charge in [0.25, 0.3) is 0 Å². The molecule has 0 heterocycles. The van der Waals surface area contributed by atoms with Gasteiger partial charge in [0.15, 0.2) is 0 Å². The van der Waals surface area contributed by atoms with Crippen LogP contribution in [0.2, 0.25) is 5.02 Å². The second kappa shape index (κ2) is 12.9. The van der Waals surface area contributed by atoms with Crippen molar-refractivity contribution >= 4 is 52.5 Å². The van der Waals surface area contributed by atoms with Gasteiger partial charge >= 0.3 is 5.97 Å². The average molecular weight is 545 g/mol. The van der Waals surface area contributed by atoms with Crippen LogP contribution in [0.15, 0.2) is 108 Å². The number of methoxy groups -OCH3 is 1. The van der Waals surface area contributed by atoms with E-state index in [2.05, 4.69) is 10.6 Å². The third kappa shape index (κ3) is 7.25. The molecule has 192 valence electrons. The van der Waals surface area contributed by atoms with Gasteiger partial charge in [-0.3, -0.25) is 9.59 Å². The van der Waals surface area contributed by atoms with Crippen LogP contribution in [0, 0.1) is 0 Å². The molecular formula is C30H25ClN2O4S. The Labute approximate surface area is 230 Å². The molecule has 0 aliphatic rings. The number of amides is 2. The number of halogens is 1. The van der Waals surface area contributed by atoms with Gasteiger partial charge < -0.3 is 15.4 Å². The van der Waals surface area contributed by atoms with Crippen LogP contribution in [0.3, 0.4) is 0 Å². The van der Waals surface area contributed by atoms with Gasteiger partial charge in [-0.15, -0.1) is 11.8 Å². The lowest BCUT2D eigenvalue weighted by Crippen LogP contribution is -2.20. The van der Waals surface area contributed by atoms with Crippen molar-refractivity contribution in [3.63, 3.8) is 0 Å². The molecule has 0 saturated heterocycles. The molecule has 8 heteroatoms. The molecule has 1 atom stereocenters. The van der Waals surface area contributed by atoms with Crippen molar-refractivity contribution in [3.8, 4) is 0 Å². The number of nitrogens with one attached hydrogen (secondary N) is 2. The molecule has 0 spiro atoms. The molecule has 0 aliphatic heterocycles. The monoisotopic (exact) mass is 544 g/mol. The third-order valence-electron chi connectivity index (χ3n) is 5.60. The average Bonchev–Trinajstić information content (AvgIpc) is 2.94. The Morgan fingerprint density at radius 3 is 2.16 bits per heavy atom. The summed E-state index contributed by atoms with van der Waals surface area (Å²) in [6.45, 7) is 0. The van der Waals surface area contributed by atoms with E-state index in [0.717, 1.165) is 16.0 Å². The van der Waals surface area contributed by atoms with Gasteiger partial charge in [0, 0.05) is 15.6 Å². The summed E-state index contributed by atoms with van der Waals surface area (Å²) in [5, 5.41) is 5.81. The van der Waals surface area contributed by atoms with Gasteiger partial charge in [-0.1, -0.05) is 66.2 Å². The van der Waals surface area contributed by atoms with Crippen LogP contribution in [0.4, 0.5) is 11.4 Å². The molecule has 2 amide bonds. The summed E-state index contributed by atoms with van der Waals surface area (Å²) < 4.78 is 4.85. The maximum atomic E-state index is 13.4. The number of rotatable bonds is 9. The van der Waals surface area contributed by atoms with E-state index in [9.17, 15) is 14.4 Å². The second-order valence-corrected chi connectivity index (χ2v) is 9.93. The maximum absolute atomic E-state index is 13.4. The molecule has 0 bridgehead atoms. The predicted molar refractivity (Wildman–Crippen MR) is 152 cm³/mol. The first-order valence-electron chi connectivity index (χ1n) is 11.8. The lowest BCUT2D eigenvalue weighted by atomic mass is 10.1. The van der Waals surface area contributed by atoms with Crippen molar-refractivity contribution in [1.29, 1.82) is 0 Å². The summed E-state index contributed by atoms with van der Waals surface area (Å²) in [5.74, 6) is -0.949. The number of hydrogen-bond donors (Lipinski definition) is 2. The van der Waals surface area contributed by atoms with E-state index < -0.39 is 11.2 Å². The first kappa shape index (κ1) is 27.0. The highest BCUT2D eigenvalue weighted by Gasteiger charge is 2.24. The lowest BCUT2D eigenvalue weighted by Gasteiger charge is -2.18. The lowest BCUT2D eigenvalue weighted by molar-refractivity contribution is -0.116. The van der Waals surface area contributed by atoms with Crippen LogP contribution in [0.1, 0.15) is 26.7 Å². The molecule has 0 fully saturated rings. The fourth-order valence-electron chi connectivity index (χ4n) is 3.72. The highest BCUT2D eigenvalue weighted by Crippen LogP contribution is 2.37. The first-order valence-corrected chi connectivity index (χ1v) is 13.0. The molecule has 4 rings (SSSR count). The predicted octanol–water partition coefficient (Wildman–Crippen LogP) is 6.78. The smallest absolute Gasteiger partial charge is 0.339 e. The molecule has 0 radical (unpaired) electrons. The minimum Gasteiger partial charge on any atom is -0.465 e. The number of para-hydroxylation sites is 1. The van der Waals surface area contributed by atoms with E-state index in [1.54, 1.807) is 48.5 Å². The summed E-state index contributed by atoms with van der Waals surface area (Å²) in [5.41, 5.74) is 2.99. The molecule has 6 nitrogen and oxygen atoms in total. The number of thioether (sulfide) groups is 1. The van der Waals surface area contributed by atoms with E-state index in [-0.39, 0.29) is 23.8 Å². The Morgan fingerprint density at radius 2 is 1.47 bits per heavy atom. The number of hydrogen-bond acceptors (Lipinski definition) is 5. The zero-order valence-corrected chi connectivity index (χ0v) is 22.1. The number of ether oxygens (including phenoxy) is 1. The van der Waals surface area contributed by atoms with Crippen molar-refractivity contribution in [2.45, 2.75) is 16.6 Å². The van der Waals surface area contributed by atoms with E-state index in [4.69, 9.17) is 16.3 Å². The number of esters is 1. The Bertz CT molecular complexity index is 1410. The van der Waals surface area contributed by atoms with Crippen LogP contribution in [-0.2, 0) is 20.7 Å². The van der Waals surface area contributed by atoms with E-state index in [1.165, 1.54) is 18.9 Å². The number of benzene rings is 4. The highest BCUT2D eigenvalue weighted by molar-refractivity contribution is 8.00. The van der Waals surface area contributed by atoms with E-state index in [1.807, 2.05) is 54.6 Å². The topological polar surface area (TPSA) is 84.5 Å². The van der Waals surface area contributed by atoms with Crippen molar-refractivity contribution < 1.29 is 19.1 Å². The SMILES string of the molecule is COC(=O)c1ccccc1NC(=O)C(Sc1ccc(NC(=O)Cc2ccc(Cl)cc2)cc1)c1ccccc1. The van der Waals surface area contributed by atoms with Crippen LogP contribution in [0.5, 0.6) is 0 Å². The Hall–Kier alpha value is -4.07. The normalized spacial score (nSPS) is 11.3. The fourth-order valence-corrected chi connectivity index (χ4v) is 4.88. The van der Waals surface area contributed by atoms with Crippen LogP contribution in [-0.4, -0.2) is 24.9 Å². The Kier molecular flexibility index (Phi) is 9.19. The van der Waals surface area contributed by atoms with Crippen molar-refractivity contribution in [2.75, 3.05) is 17.7 Å². The highest BCUT2D eigenvalue weighted by atomic mass is 35.5. The van der Waals surface area contributed by atoms with Crippen molar-refractivity contribution in [3.05, 3.63) is 125 Å². The van der Waals surface area contributed by atoms with Gasteiger partial charge in [0.1, 0.15) is 5.25 Å². The maximum Gasteiger partial charge on any atom is 0.339 e. The number of anilines is 2. The van der Waals surface area contributed by atoms with Crippen LogP contribution < -0.4 is 10.6 Å². The molecule has 4 aromatic carbocycles. The van der Waals surface area contributed by atoms with Gasteiger partial charge in [-0.2, -0.15) is 0 Å². The summed E-state index contributed by atoms with van der Waals surface area (Å²) >= 11 is 7.27. The van der Waals surface area contributed by atoms with Gasteiger partial charge in [-0.25, -0.2) is 4.79 Å². The molecule has 0 aromatic heterocycles. The van der Waals surface area contributed by atoms with Gasteiger partial charge in [-0.05, 0) is 59.7 Å².